The average Bonchev–Trinajstić information content (AvgIpc) is 3.70. The van der Waals surface area contributed by atoms with E-state index in [1.165, 1.54) is 28.3 Å². The maximum absolute atomic E-state index is 13.0. The maximum atomic E-state index is 13.0. The van der Waals surface area contributed by atoms with Crippen molar-refractivity contribution in [3.63, 3.8) is 0 Å². The van der Waals surface area contributed by atoms with Gasteiger partial charge in [0.1, 0.15) is 11.5 Å². The second-order valence-corrected chi connectivity index (χ2v) is 8.58. The topological polar surface area (TPSA) is 132 Å². The summed E-state index contributed by atoms with van der Waals surface area (Å²) in [5.74, 6) is 0.818. The molecule has 0 bridgehead atoms. The zero-order chi connectivity index (χ0) is 24.5. The lowest BCUT2D eigenvalue weighted by molar-refractivity contribution is 0.101. The number of thiophene rings is 1. The zero-order valence-electron chi connectivity index (χ0n) is 18.4. The first-order chi connectivity index (χ1) is 17.6. The number of nitrogens with one attached hydrogen (secondary N) is 2. The van der Waals surface area contributed by atoms with E-state index in [0.29, 0.717) is 22.9 Å². The van der Waals surface area contributed by atoms with E-state index in [2.05, 4.69) is 25.5 Å². The SMILES string of the molecule is O=C(Nc1cc(-c2ccco2)nn1-c1nc(-c2ccccc2)cc(=O)[nH]1)c1cc(-c2cccs2)on1. The number of H-pyrrole nitrogens is 1. The maximum Gasteiger partial charge on any atom is 0.279 e. The minimum Gasteiger partial charge on any atom is -0.463 e. The minimum atomic E-state index is -0.518. The van der Waals surface area contributed by atoms with Crippen molar-refractivity contribution in [2.45, 2.75) is 0 Å². The van der Waals surface area contributed by atoms with Crippen molar-refractivity contribution in [3.05, 3.63) is 100 Å². The van der Waals surface area contributed by atoms with Crippen molar-refractivity contribution in [1.29, 1.82) is 0 Å². The molecule has 2 N–H and O–H groups in total. The summed E-state index contributed by atoms with van der Waals surface area (Å²) in [5.41, 5.74) is 1.37. The summed E-state index contributed by atoms with van der Waals surface area (Å²) in [7, 11) is 0. The molecule has 0 fully saturated rings. The molecule has 0 aliphatic heterocycles. The third-order valence-corrected chi connectivity index (χ3v) is 6.12. The van der Waals surface area contributed by atoms with Crippen LogP contribution >= 0.6 is 11.3 Å². The molecule has 36 heavy (non-hydrogen) atoms. The number of rotatable bonds is 6. The zero-order valence-corrected chi connectivity index (χ0v) is 19.2. The van der Waals surface area contributed by atoms with Crippen LogP contribution in [-0.4, -0.2) is 30.8 Å². The van der Waals surface area contributed by atoms with E-state index in [9.17, 15) is 9.59 Å². The summed E-state index contributed by atoms with van der Waals surface area (Å²) in [6.45, 7) is 0. The van der Waals surface area contributed by atoms with Crippen molar-refractivity contribution in [1.82, 2.24) is 24.9 Å². The monoisotopic (exact) mass is 496 g/mol. The molecular weight excluding hydrogens is 480 g/mol. The van der Waals surface area contributed by atoms with Crippen LogP contribution in [0.15, 0.2) is 98.2 Å². The summed E-state index contributed by atoms with van der Waals surface area (Å²) in [6, 6.07) is 21.1. The van der Waals surface area contributed by atoms with Gasteiger partial charge >= 0.3 is 0 Å². The van der Waals surface area contributed by atoms with Gasteiger partial charge in [-0.3, -0.25) is 14.6 Å². The Bertz CT molecular complexity index is 1700. The third kappa shape index (κ3) is 4.14. The Morgan fingerprint density at radius 2 is 1.86 bits per heavy atom. The molecule has 0 spiro atoms. The highest BCUT2D eigenvalue weighted by atomic mass is 32.1. The van der Waals surface area contributed by atoms with Crippen molar-refractivity contribution in [2.75, 3.05) is 5.32 Å². The van der Waals surface area contributed by atoms with Crippen LogP contribution in [0, 0.1) is 0 Å². The van der Waals surface area contributed by atoms with Crippen molar-refractivity contribution < 1.29 is 13.7 Å². The van der Waals surface area contributed by atoms with Crippen molar-refractivity contribution >= 4 is 23.1 Å². The number of aromatic amines is 1. The van der Waals surface area contributed by atoms with Gasteiger partial charge in [0.2, 0.25) is 5.95 Å². The fourth-order valence-corrected chi connectivity index (χ4v) is 4.25. The quantitative estimate of drug-likeness (QED) is 0.337. The summed E-state index contributed by atoms with van der Waals surface area (Å²) in [4.78, 5) is 33.7. The molecular formula is C25H16N6O4S. The van der Waals surface area contributed by atoms with Gasteiger partial charge < -0.3 is 14.3 Å². The van der Waals surface area contributed by atoms with Gasteiger partial charge in [-0.1, -0.05) is 41.6 Å². The lowest BCUT2D eigenvalue weighted by Crippen LogP contribution is -2.19. The van der Waals surface area contributed by atoms with Gasteiger partial charge in [-0.15, -0.1) is 11.3 Å². The number of hydrogen-bond acceptors (Lipinski definition) is 8. The molecule has 0 aliphatic carbocycles. The minimum absolute atomic E-state index is 0.0881. The van der Waals surface area contributed by atoms with Gasteiger partial charge in [0, 0.05) is 23.8 Å². The normalized spacial score (nSPS) is 11.0. The molecule has 0 aliphatic rings. The largest absolute Gasteiger partial charge is 0.463 e. The van der Waals surface area contributed by atoms with E-state index in [1.54, 1.807) is 24.3 Å². The molecule has 5 heterocycles. The first-order valence-corrected chi connectivity index (χ1v) is 11.6. The number of nitrogens with zero attached hydrogens (tertiary/aromatic N) is 4. The number of anilines is 1. The predicted molar refractivity (Wildman–Crippen MR) is 133 cm³/mol. The van der Waals surface area contributed by atoms with E-state index in [1.807, 2.05) is 47.8 Å². The number of aromatic nitrogens is 5. The van der Waals surface area contributed by atoms with E-state index in [-0.39, 0.29) is 23.0 Å². The smallest absolute Gasteiger partial charge is 0.279 e. The molecule has 0 atom stereocenters. The molecule has 0 radical (unpaired) electrons. The van der Waals surface area contributed by atoms with E-state index >= 15 is 0 Å². The number of carbonyl (C=O) groups excluding carboxylic acids is 1. The Morgan fingerprint density at radius 1 is 0.972 bits per heavy atom. The highest BCUT2D eigenvalue weighted by molar-refractivity contribution is 7.13. The lowest BCUT2D eigenvalue weighted by atomic mass is 10.1. The van der Waals surface area contributed by atoms with Crippen LogP contribution in [0.25, 0.3) is 39.3 Å². The summed E-state index contributed by atoms with van der Waals surface area (Å²) in [5, 5.41) is 13.1. The van der Waals surface area contributed by atoms with Crippen LogP contribution in [0.1, 0.15) is 10.5 Å². The Kier molecular flexibility index (Phi) is 5.35. The van der Waals surface area contributed by atoms with Gasteiger partial charge in [0.25, 0.3) is 11.5 Å². The van der Waals surface area contributed by atoms with Gasteiger partial charge in [-0.05, 0) is 23.6 Å². The van der Waals surface area contributed by atoms with Crippen LogP contribution < -0.4 is 10.9 Å². The highest BCUT2D eigenvalue weighted by Gasteiger charge is 2.20. The molecule has 0 saturated heterocycles. The Morgan fingerprint density at radius 3 is 2.64 bits per heavy atom. The van der Waals surface area contributed by atoms with Crippen LogP contribution in [0.2, 0.25) is 0 Å². The Labute approximate surface area is 206 Å². The standard InChI is InChI=1S/C25H16N6O4S/c32-23-14-16(15-6-2-1-3-7-15)26-25(28-23)31-22(13-17(29-31)19-8-4-10-34-19)27-24(33)18-12-20(35-30-18)21-9-5-11-36-21/h1-14H,(H,27,33)(H,26,28,32). The second-order valence-electron chi connectivity index (χ2n) is 7.63. The third-order valence-electron chi connectivity index (χ3n) is 5.23. The molecule has 1 aromatic carbocycles. The molecule has 176 valence electrons. The number of hydrogen-bond donors (Lipinski definition) is 2. The Hall–Kier alpha value is -5.03. The molecule has 1 amide bonds. The number of benzene rings is 1. The molecule has 0 unspecified atom stereocenters. The van der Waals surface area contributed by atoms with Crippen LogP contribution in [-0.2, 0) is 0 Å². The van der Waals surface area contributed by atoms with Gasteiger partial charge in [-0.25, -0.2) is 4.98 Å². The molecule has 6 rings (SSSR count). The first-order valence-electron chi connectivity index (χ1n) is 10.8. The fraction of sp³-hybridized carbons (Fsp3) is 0. The summed E-state index contributed by atoms with van der Waals surface area (Å²) >= 11 is 1.48. The molecule has 5 aromatic heterocycles. The van der Waals surface area contributed by atoms with Gasteiger partial charge in [0.05, 0.1) is 16.8 Å². The van der Waals surface area contributed by atoms with Crippen LogP contribution in [0.4, 0.5) is 5.82 Å². The van der Waals surface area contributed by atoms with E-state index in [0.717, 1.165) is 10.4 Å². The van der Waals surface area contributed by atoms with Gasteiger partial charge in [-0.2, -0.15) is 9.78 Å². The fourth-order valence-electron chi connectivity index (χ4n) is 3.58. The van der Waals surface area contributed by atoms with Crippen molar-refractivity contribution in [3.8, 4) is 39.3 Å². The lowest BCUT2D eigenvalue weighted by Gasteiger charge is -2.08. The van der Waals surface area contributed by atoms with E-state index in [4.69, 9.17) is 8.94 Å². The van der Waals surface area contributed by atoms with Gasteiger partial charge in [0.15, 0.2) is 17.2 Å². The molecule has 10 nitrogen and oxygen atoms in total. The summed E-state index contributed by atoms with van der Waals surface area (Å²) < 4.78 is 12.1. The number of furan rings is 1. The first kappa shape index (κ1) is 21.5. The molecule has 0 saturated carbocycles. The Balaban J connectivity index is 1.39. The molecule has 6 aromatic rings. The summed E-state index contributed by atoms with van der Waals surface area (Å²) in [6.07, 6.45) is 1.52. The number of amides is 1. The van der Waals surface area contributed by atoms with Crippen LogP contribution in [0.5, 0.6) is 0 Å². The number of carbonyl (C=O) groups is 1. The predicted octanol–water partition coefficient (Wildman–Crippen LogP) is 4.85. The molecule has 11 heteroatoms. The van der Waals surface area contributed by atoms with Crippen molar-refractivity contribution in [2.24, 2.45) is 0 Å². The van der Waals surface area contributed by atoms with E-state index < -0.39 is 5.91 Å². The average molecular weight is 497 g/mol. The second kappa shape index (κ2) is 8.96. The van der Waals surface area contributed by atoms with Crippen LogP contribution in [0.3, 0.4) is 0 Å². The highest BCUT2D eigenvalue weighted by Crippen LogP contribution is 2.27.